The number of fused-ring (bicyclic) bond motifs is 1. The van der Waals surface area contributed by atoms with Gasteiger partial charge in [0.25, 0.3) is 0 Å². The normalized spacial score (nSPS) is 10.5. The lowest BCUT2D eigenvalue weighted by Gasteiger charge is -1.99. The molecule has 2 aromatic rings. The first-order valence-electron chi connectivity index (χ1n) is 3.62. The maximum Gasteiger partial charge on any atom is 0.142 e. The standard InChI is InChI=1S/C9H8BrNO/c1-12-8-4-2-3-6-7(10)5-11-9(6)8/h2-5,11H,1H3. The van der Waals surface area contributed by atoms with Crippen LogP contribution in [0.3, 0.4) is 0 Å². The van der Waals surface area contributed by atoms with Crippen LogP contribution in [-0.2, 0) is 0 Å². The number of halogens is 1. The van der Waals surface area contributed by atoms with E-state index in [0.717, 1.165) is 21.1 Å². The highest BCUT2D eigenvalue weighted by Crippen LogP contribution is 2.29. The van der Waals surface area contributed by atoms with Crippen molar-refractivity contribution in [2.75, 3.05) is 7.11 Å². The molecule has 2 rings (SSSR count). The molecule has 0 amide bonds. The summed E-state index contributed by atoms with van der Waals surface area (Å²) in [6, 6.07) is 5.95. The molecule has 0 bridgehead atoms. The van der Waals surface area contributed by atoms with Gasteiger partial charge in [0.05, 0.1) is 12.6 Å². The fourth-order valence-corrected chi connectivity index (χ4v) is 1.71. The molecule has 0 aliphatic rings. The lowest BCUT2D eigenvalue weighted by Crippen LogP contribution is -1.82. The van der Waals surface area contributed by atoms with E-state index in [-0.39, 0.29) is 0 Å². The van der Waals surface area contributed by atoms with Crippen LogP contribution < -0.4 is 4.74 Å². The van der Waals surface area contributed by atoms with Crippen molar-refractivity contribution in [1.82, 2.24) is 4.98 Å². The maximum absolute atomic E-state index is 5.19. The van der Waals surface area contributed by atoms with Gasteiger partial charge in [-0.3, -0.25) is 0 Å². The van der Waals surface area contributed by atoms with E-state index in [1.807, 2.05) is 24.4 Å². The Hall–Kier alpha value is -0.960. The third-order valence-electron chi connectivity index (χ3n) is 1.85. The number of ether oxygens (including phenoxy) is 1. The van der Waals surface area contributed by atoms with Crippen molar-refractivity contribution in [3.63, 3.8) is 0 Å². The molecule has 0 atom stereocenters. The average Bonchev–Trinajstić information content (AvgIpc) is 2.48. The van der Waals surface area contributed by atoms with Crippen molar-refractivity contribution < 1.29 is 4.74 Å². The second-order valence-corrected chi connectivity index (χ2v) is 3.37. The van der Waals surface area contributed by atoms with Crippen LogP contribution in [0.4, 0.5) is 0 Å². The number of nitrogens with one attached hydrogen (secondary N) is 1. The summed E-state index contributed by atoms with van der Waals surface area (Å²) in [5, 5.41) is 1.15. The van der Waals surface area contributed by atoms with Crippen LogP contribution in [0.15, 0.2) is 28.9 Å². The highest BCUT2D eigenvalue weighted by Gasteiger charge is 2.04. The zero-order valence-electron chi connectivity index (χ0n) is 6.60. The second kappa shape index (κ2) is 2.83. The zero-order valence-corrected chi connectivity index (χ0v) is 8.18. The van der Waals surface area contributed by atoms with Crippen molar-refractivity contribution in [1.29, 1.82) is 0 Å². The van der Waals surface area contributed by atoms with Crippen LogP contribution in [0.25, 0.3) is 10.9 Å². The number of rotatable bonds is 1. The minimum Gasteiger partial charge on any atom is -0.495 e. The third-order valence-corrected chi connectivity index (χ3v) is 2.50. The number of para-hydroxylation sites is 1. The Balaban J connectivity index is 2.81. The topological polar surface area (TPSA) is 25.0 Å². The van der Waals surface area contributed by atoms with Gasteiger partial charge in [-0.25, -0.2) is 0 Å². The molecule has 1 aromatic heterocycles. The molecular weight excluding hydrogens is 218 g/mol. The summed E-state index contributed by atoms with van der Waals surface area (Å²) in [5.41, 5.74) is 1.03. The molecule has 0 unspecified atom stereocenters. The summed E-state index contributed by atoms with van der Waals surface area (Å²) in [6.07, 6.45) is 1.91. The van der Waals surface area contributed by atoms with E-state index in [1.165, 1.54) is 0 Å². The maximum atomic E-state index is 5.19. The van der Waals surface area contributed by atoms with Crippen molar-refractivity contribution >= 4 is 26.8 Å². The second-order valence-electron chi connectivity index (χ2n) is 2.52. The van der Waals surface area contributed by atoms with E-state index in [9.17, 15) is 0 Å². The van der Waals surface area contributed by atoms with E-state index in [1.54, 1.807) is 7.11 Å². The minimum absolute atomic E-state index is 0.873. The predicted molar refractivity (Wildman–Crippen MR) is 52.6 cm³/mol. The molecule has 62 valence electrons. The summed E-state index contributed by atoms with van der Waals surface area (Å²) in [6.45, 7) is 0. The number of benzene rings is 1. The lowest BCUT2D eigenvalue weighted by molar-refractivity contribution is 0.419. The van der Waals surface area contributed by atoms with E-state index < -0.39 is 0 Å². The smallest absolute Gasteiger partial charge is 0.142 e. The molecule has 3 heteroatoms. The van der Waals surface area contributed by atoms with Gasteiger partial charge < -0.3 is 9.72 Å². The number of methoxy groups -OCH3 is 1. The van der Waals surface area contributed by atoms with Crippen molar-refractivity contribution in [3.8, 4) is 5.75 Å². The van der Waals surface area contributed by atoms with Crippen LogP contribution in [-0.4, -0.2) is 12.1 Å². The largest absolute Gasteiger partial charge is 0.495 e. The van der Waals surface area contributed by atoms with Gasteiger partial charge in [0.15, 0.2) is 0 Å². The number of H-pyrrole nitrogens is 1. The first-order chi connectivity index (χ1) is 5.83. The monoisotopic (exact) mass is 225 g/mol. The molecule has 1 heterocycles. The summed E-state index contributed by atoms with van der Waals surface area (Å²) < 4.78 is 6.25. The molecule has 1 N–H and O–H groups in total. The molecule has 0 spiro atoms. The van der Waals surface area contributed by atoms with Gasteiger partial charge >= 0.3 is 0 Å². The van der Waals surface area contributed by atoms with Gasteiger partial charge in [0.1, 0.15) is 5.75 Å². The molecular formula is C9H8BrNO. The Labute approximate surface area is 78.7 Å². The third kappa shape index (κ3) is 1.01. The summed E-state index contributed by atoms with van der Waals surface area (Å²) in [4.78, 5) is 3.14. The van der Waals surface area contributed by atoms with Gasteiger partial charge in [0.2, 0.25) is 0 Å². The Morgan fingerprint density at radius 2 is 2.25 bits per heavy atom. The van der Waals surface area contributed by atoms with Crippen molar-refractivity contribution in [3.05, 3.63) is 28.9 Å². The molecule has 0 aliphatic carbocycles. The van der Waals surface area contributed by atoms with Crippen molar-refractivity contribution in [2.24, 2.45) is 0 Å². The van der Waals surface area contributed by atoms with Crippen LogP contribution in [0, 0.1) is 0 Å². The fourth-order valence-electron chi connectivity index (χ4n) is 1.26. The number of aromatic amines is 1. The highest BCUT2D eigenvalue weighted by atomic mass is 79.9. The Morgan fingerprint density at radius 3 is 3.00 bits per heavy atom. The van der Waals surface area contributed by atoms with E-state index in [4.69, 9.17) is 4.74 Å². The van der Waals surface area contributed by atoms with Crippen LogP contribution in [0.1, 0.15) is 0 Å². The quantitative estimate of drug-likeness (QED) is 0.794. The van der Waals surface area contributed by atoms with Crippen LogP contribution in [0.5, 0.6) is 5.75 Å². The van der Waals surface area contributed by atoms with E-state index >= 15 is 0 Å². The number of hydrogen-bond acceptors (Lipinski definition) is 1. The number of hydrogen-bond donors (Lipinski definition) is 1. The Kier molecular flexibility index (Phi) is 1.81. The van der Waals surface area contributed by atoms with Gasteiger partial charge in [0, 0.05) is 16.1 Å². The van der Waals surface area contributed by atoms with Crippen LogP contribution >= 0.6 is 15.9 Å². The molecule has 1 aromatic carbocycles. The zero-order chi connectivity index (χ0) is 8.55. The average molecular weight is 226 g/mol. The van der Waals surface area contributed by atoms with Crippen molar-refractivity contribution in [2.45, 2.75) is 0 Å². The molecule has 2 nitrogen and oxygen atoms in total. The first-order valence-corrected chi connectivity index (χ1v) is 4.42. The van der Waals surface area contributed by atoms with Gasteiger partial charge in [-0.05, 0) is 22.0 Å². The summed E-state index contributed by atoms with van der Waals surface area (Å²) in [5.74, 6) is 0.873. The minimum atomic E-state index is 0.873. The van der Waals surface area contributed by atoms with Gasteiger partial charge in [-0.1, -0.05) is 12.1 Å². The Morgan fingerprint density at radius 1 is 1.42 bits per heavy atom. The molecule has 0 radical (unpaired) electrons. The molecule has 0 aliphatic heterocycles. The lowest BCUT2D eigenvalue weighted by atomic mass is 10.2. The first kappa shape index (κ1) is 7.68. The predicted octanol–water partition coefficient (Wildman–Crippen LogP) is 2.94. The number of aromatic nitrogens is 1. The summed E-state index contributed by atoms with van der Waals surface area (Å²) in [7, 11) is 1.67. The molecule has 0 fully saturated rings. The van der Waals surface area contributed by atoms with Gasteiger partial charge in [-0.2, -0.15) is 0 Å². The van der Waals surface area contributed by atoms with E-state index in [0.29, 0.717) is 0 Å². The summed E-state index contributed by atoms with van der Waals surface area (Å²) >= 11 is 3.44. The molecule has 12 heavy (non-hydrogen) atoms. The SMILES string of the molecule is COc1cccc2c(Br)c[nH]c12. The van der Waals surface area contributed by atoms with E-state index in [2.05, 4.69) is 20.9 Å². The fraction of sp³-hybridized carbons (Fsp3) is 0.111. The van der Waals surface area contributed by atoms with Crippen LogP contribution in [0.2, 0.25) is 0 Å². The Bertz CT molecular complexity index is 408. The highest BCUT2D eigenvalue weighted by molar-refractivity contribution is 9.10. The molecule has 0 saturated heterocycles. The van der Waals surface area contributed by atoms with Gasteiger partial charge in [-0.15, -0.1) is 0 Å². The molecule has 0 saturated carbocycles.